The Hall–Kier alpha value is 2.34. The first kappa shape index (κ1) is 64.5. The molecule has 0 rings (SSSR count). The topological polar surface area (TPSA) is 0 Å². The van der Waals surface area contributed by atoms with Gasteiger partial charge >= 0.3 is 0 Å². The largest absolute Gasteiger partial charge is 0.0980 e. The van der Waals surface area contributed by atoms with Crippen LogP contribution in [0.1, 0.15) is 243 Å². The molecule has 0 amide bonds. The van der Waals surface area contributed by atoms with Gasteiger partial charge in [0.2, 0.25) is 0 Å². The summed E-state index contributed by atoms with van der Waals surface area (Å²) < 4.78 is 0. The summed E-state index contributed by atoms with van der Waals surface area (Å²) in [6, 6.07) is 0. The SMILES string of the molecule is CCC(C)P(C(C)CC)C(C)CC.CCC(C)P(C(C)CC)C(C)CC.CCC(C)P(C(C)CC)C(C)CC.CCC(C)P(C(C)CC)C(C)CC.[Ru]. The van der Waals surface area contributed by atoms with Crippen LogP contribution in [0.2, 0.25) is 0 Å². The molecule has 0 aliphatic carbocycles. The van der Waals surface area contributed by atoms with Crippen LogP contribution in [-0.2, 0) is 19.5 Å². The first-order valence-electron chi connectivity index (χ1n) is 23.4. The smallest absolute Gasteiger partial charge is 0 e. The van der Waals surface area contributed by atoms with Crippen LogP contribution in [0.4, 0.5) is 0 Å². The number of hydrogen-bond acceptors (Lipinski definition) is 0. The fraction of sp³-hybridized carbons (Fsp3) is 1.00. The van der Waals surface area contributed by atoms with Crippen LogP contribution in [0.15, 0.2) is 0 Å². The minimum atomic E-state index is 0. The molecule has 0 aromatic heterocycles. The summed E-state index contributed by atoms with van der Waals surface area (Å²) in [5, 5.41) is 0. The Morgan fingerprint density at radius 3 is 0.283 bits per heavy atom. The minimum absolute atomic E-state index is 0. The van der Waals surface area contributed by atoms with Gasteiger partial charge in [0, 0.05) is 19.5 Å². The molecule has 0 aromatic rings. The zero-order valence-corrected chi connectivity index (χ0v) is 46.9. The van der Waals surface area contributed by atoms with E-state index in [4.69, 9.17) is 0 Å². The molecular formula is C48H108P4Ru. The monoisotopic (exact) mass is 911 g/mol. The molecule has 0 bridgehead atoms. The van der Waals surface area contributed by atoms with Gasteiger partial charge in [-0.2, -0.15) is 0 Å². The van der Waals surface area contributed by atoms with Crippen molar-refractivity contribution in [2.45, 2.75) is 311 Å². The molecule has 0 aliphatic heterocycles. The predicted molar refractivity (Wildman–Crippen MR) is 265 cm³/mol. The van der Waals surface area contributed by atoms with E-state index in [1.54, 1.807) is 0 Å². The van der Waals surface area contributed by atoms with Crippen LogP contribution < -0.4 is 0 Å². The summed E-state index contributed by atoms with van der Waals surface area (Å²) in [6.07, 6.45) is 16.3. The Labute approximate surface area is 360 Å². The fourth-order valence-electron chi connectivity index (χ4n) is 7.74. The van der Waals surface area contributed by atoms with Crippen molar-refractivity contribution in [2.24, 2.45) is 0 Å². The van der Waals surface area contributed by atoms with E-state index in [-0.39, 0.29) is 51.2 Å². The van der Waals surface area contributed by atoms with Crippen molar-refractivity contribution in [3.05, 3.63) is 0 Å². The molecule has 0 heterocycles. The van der Waals surface area contributed by atoms with Gasteiger partial charge in [-0.1, -0.05) is 198 Å². The molecule has 0 fully saturated rings. The maximum Gasteiger partial charge on any atom is 0 e. The van der Waals surface area contributed by atoms with Gasteiger partial charge in [-0.05, 0) is 145 Å². The van der Waals surface area contributed by atoms with Crippen LogP contribution in [0.5, 0.6) is 0 Å². The second kappa shape index (κ2) is 39.8. The van der Waals surface area contributed by atoms with Gasteiger partial charge in [-0.3, -0.25) is 0 Å². The van der Waals surface area contributed by atoms with Crippen LogP contribution in [0, 0.1) is 0 Å². The van der Waals surface area contributed by atoms with Crippen molar-refractivity contribution in [3.8, 4) is 0 Å². The molecule has 0 aromatic carbocycles. The van der Waals surface area contributed by atoms with Crippen LogP contribution in [-0.4, -0.2) is 67.9 Å². The van der Waals surface area contributed by atoms with E-state index >= 15 is 0 Å². The molecule has 12 unspecified atom stereocenters. The van der Waals surface area contributed by atoms with Crippen molar-refractivity contribution in [3.63, 3.8) is 0 Å². The molecule has 0 N–H and O–H groups in total. The first-order valence-corrected chi connectivity index (χ1v) is 29.6. The van der Waals surface area contributed by atoms with Crippen LogP contribution >= 0.6 is 31.7 Å². The third-order valence-electron chi connectivity index (χ3n) is 13.2. The standard InChI is InChI=1S/4C12H27P.Ru/c4*1-7-10(4)13(11(5)8-2)12(6)9-3;/h4*10-12H,7-9H2,1-6H3;. The van der Waals surface area contributed by atoms with Crippen LogP contribution in [0.3, 0.4) is 0 Å². The van der Waals surface area contributed by atoms with Crippen molar-refractivity contribution >= 4 is 31.7 Å². The molecule has 0 saturated heterocycles. The fourth-order valence-corrected chi connectivity index (χ4v) is 23.2. The van der Waals surface area contributed by atoms with E-state index in [2.05, 4.69) is 166 Å². The Kier molecular flexibility index (Phi) is 48.4. The van der Waals surface area contributed by atoms with Gasteiger partial charge in [0.1, 0.15) is 0 Å². The Bertz CT molecular complexity index is 521. The average molecular weight is 910 g/mol. The van der Waals surface area contributed by atoms with Crippen LogP contribution in [0.25, 0.3) is 0 Å². The van der Waals surface area contributed by atoms with Crippen molar-refractivity contribution < 1.29 is 19.5 Å². The third kappa shape index (κ3) is 26.9. The molecule has 328 valence electrons. The van der Waals surface area contributed by atoms with Gasteiger partial charge in [0.25, 0.3) is 0 Å². The average Bonchev–Trinajstić information content (AvgIpc) is 3.17. The molecule has 12 atom stereocenters. The summed E-state index contributed by atoms with van der Waals surface area (Å²) in [6.45, 7) is 57.4. The maximum absolute atomic E-state index is 2.45. The summed E-state index contributed by atoms with van der Waals surface area (Å²) in [5.74, 6) is 0. The maximum atomic E-state index is 2.45. The summed E-state index contributed by atoms with van der Waals surface area (Å²) >= 11 is 0. The summed E-state index contributed by atoms with van der Waals surface area (Å²) in [5.41, 5.74) is 11.5. The molecule has 0 spiro atoms. The molecule has 0 saturated carbocycles. The van der Waals surface area contributed by atoms with Gasteiger partial charge in [-0.15, -0.1) is 0 Å². The van der Waals surface area contributed by atoms with Gasteiger partial charge in [0.05, 0.1) is 0 Å². The molecule has 53 heavy (non-hydrogen) atoms. The first-order chi connectivity index (χ1) is 24.3. The molecule has 0 nitrogen and oxygen atoms in total. The number of rotatable bonds is 24. The predicted octanol–water partition coefficient (Wildman–Crippen LogP) is 19.5. The van der Waals surface area contributed by atoms with E-state index in [1.807, 2.05) is 0 Å². The van der Waals surface area contributed by atoms with E-state index < -0.39 is 0 Å². The zero-order chi connectivity index (χ0) is 41.7. The molecule has 0 aliphatic rings. The quantitative estimate of drug-likeness (QED) is 0.0669. The van der Waals surface area contributed by atoms with Crippen molar-refractivity contribution in [2.75, 3.05) is 0 Å². The van der Waals surface area contributed by atoms with E-state index in [1.165, 1.54) is 77.0 Å². The van der Waals surface area contributed by atoms with E-state index in [9.17, 15) is 0 Å². The summed E-state index contributed by atoms with van der Waals surface area (Å²) in [7, 11) is 1.02. The minimum Gasteiger partial charge on any atom is -0.0980 e. The van der Waals surface area contributed by atoms with Gasteiger partial charge in [-0.25, -0.2) is 0 Å². The molecule has 0 radical (unpaired) electrons. The molecule has 5 heteroatoms. The Morgan fingerprint density at radius 1 is 0.189 bits per heavy atom. The zero-order valence-electron chi connectivity index (χ0n) is 41.6. The second-order valence-electron chi connectivity index (χ2n) is 16.9. The van der Waals surface area contributed by atoms with E-state index in [0.29, 0.717) is 0 Å². The third-order valence-corrected chi connectivity index (χ3v) is 29.8. The molecular weight excluding hydrogens is 801 g/mol. The number of hydrogen-bond donors (Lipinski definition) is 0. The van der Waals surface area contributed by atoms with E-state index in [0.717, 1.165) is 67.9 Å². The van der Waals surface area contributed by atoms with Gasteiger partial charge in [0.15, 0.2) is 0 Å². The van der Waals surface area contributed by atoms with Gasteiger partial charge < -0.3 is 0 Å². The normalized spacial score (nSPS) is 20.4. The summed E-state index contributed by atoms with van der Waals surface area (Å²) in [4.78, 5) is 0. The van der Waals surface area contributed by atoms with Crippen molar-refractivity contribution in [1.82, 2.24) is 0 Å². The second-order valence-corrected chi connectivity index (χ2v) is 31.0. The Balaban J connectivity index is -0.000000192. The van der Waals surface area contributed by atoms with Crippen molar-refractivity contribution in [1.29, 1.82) is 0 Å². The Morgan fingerprint density at radius 2 is 0.245 bits per heavy atom.